The van der Waals surface area contributed by atoms with Gasteiger partial charge in [-0.2, -0.15) is 5.26 Å². The molecule has 2 aliphatic rings. The number of aliphatic carboxylic acids is 1. The summed E-state index contributed by atoms with van der Waals surface area (Å²) in [6.07, 6.45) is 7.47. The minimum atomic E-state index is -1.09. The van der Waals surface area contributed by atoms with Gasteiger partial charge in [-0.15, -0.1) is 0 Å². The third-order valence-electron chi connectivity index (χ3n) is 7.65. The molecule has 3 N–H and O–H groups in total. The highest BCUT2D eigenvalue weighted by Crippen LogP contribution is 2.27. The van der Waals surface area contributed by atoms with Crippen LogP contribution < -0.4 is 10.6 Å². The van der Waals surface area contributed by atoms with Gasteiger partial charge < -0.3 is 20.6 Å². The molecule has 1 aromatic heterocycles. The standard InChI is InChI=1S/C29H34FN5O4/c30-25-13-20(4-5-21(25)15-31)23-12-24(17-33-16-23)26(14-28(37)38)34-29(39)22-2-1-11-35(18-22)27(36)6-3-19-7-9-32-10-8-19/h4-5,12-13,16-17,19,22,26,32H,1-3,6-11,14,18H2,(H,34,39)(H,37,38)/t22-,26+/m1/s1. The van der Waals surface area contributed by atoms with Crippen LogP contribution in [0.5, 0.6) is 0 Å². The number of carboxylic acids is 1. The van der Waals surface area contributed by atoms with E-state index in [0.29, 0.717) is 55.0 Å². The van der Waals surface area contributed by atoms with Gasteiger partial charge in [0.2, 0.25) is 11.8 Å². The lowest BCUT2D eigenvalue weighted by molar-refractivity contribution is -0.138. The lowest BCUT2D eigenvalue weighted by atomic mass is 9.92. The smallest absolute Gasteiger partial charge is 0.305 e. The highest BCUT2D eigenvalue weighted by molar-refractivity contribution is 5.82. The van der Waals surface area contributed by atoms with Crippen molar-refractivity contribution in [3.8, 4) is 17.2 Å². The van der Waals surface area contributed by atoms with E-state index in [1.165, 1.54) is 24.5 Å². The molecule has 206 valence electrons. The van der Waals surface area contributed by atoms with Gasteiger partial charge in [-0.05, 0) is 80.4 Å². The number of piperidine rings is 2. The van der Waals surface area contributed by atoms with Crippen LogP contribution in [0.25, 0.3) is 11.1 Å². The number of hydrogen-bond donors (Lipinski definition) is 3. The van der Waals surface area contributed by atoms with Gasteiger partial charge in [-0.3, -0.25) is 19.4 Å². The minimum absolute atomic E-state index is 0.0691. The summed E-state index contributed by atoms with van der Waals surface area (Å²) in [4.78, 5) is 43.7. The van der Waals surface area contributed by atoms with Crippen molar-refractivity contribution in [2.24, 2.45) is 11.8 Å². The number of nitriles is 1. The molecule has 2 saturated heterocycles. The maximum atomic E-state index is 14.2. The Hall–Kier alpha value is -3.84. The Morgan fingerprint density at radius 2 is 1.97 bits per heavy atom. The van der Waals surface area contributed by atoms with Gasteiger partial charge in [-0.25, -0.2) is 4.39 Å². The Bertz CT molecular complexity index is 1240. The zero-order valence-electron chi connectivity index (χ0n) is 21.9. The molecule has 10 heteroatoms. The van der Waals surface area contributed by atoms with Crippen LogP contribution in [0.3, 0.4) is 0 Å². The van der Waals surface area contributed by atoms with Crippen molar-refractivity contribution in [3.05, 3.63) is 53.6 Å². The number of hydrogen-bond acceptors (Lipinski definition) is 6. The second kappa shape index (κ2) is 13.3. The van der Waals surface area contributed by atoms with Crippen LogP contribution in [0.1, 0.15) is 62.1 Å². The van der Waals surface area contributed by atoms with Crippen molar-refractivity contribution in [1.29, 1.82) is 5.26 Å². The fourth-order valence-corrected chi connectivity index (χ4v) is 5.38. The zero-order chi connectivity index (χ0) is 27.8. The fraction of sp³-hybridized carbons (Fsp3) is 0.483. The number of amides is 2. The normalized spacial score (nSPS) is 18.7. The van der Waals surface area contributed by atoms with Gasteiger partial charge in [0.05, 0.1) is 23.9 Å². The van der Waals surface area contributed by atoms with Gasteiger partial charge >= 0.3 is 5.97 Å². The second-order valence-corrected chi connectivity index (χ2v) is 10.4. The van der Waals surface area contributed by atoms with E-state index in [4.69, 9.17) is 5.26 Å². The molecule has 2 aliphatic heterocycles. The van der Waals surface area contributed by atoms with Gasteiger partial charge in [0.15, 0.2) is 0 Å². The quantitative estimate of drug-likeness (QED) is 0.448. The third kappa shape index (κ3) is 7.60. The molecule has 2 atom stereocenters. The summed E-state index contributed by atoms with van der Waals surface area (Å²) in [5, 5.41) is 24.7. The van der Waals surface area contributed by atoms with E-state index in [1.807, 2.05) is 0 Å². The van der Waals surface area contributed by atoms with E-state index in [0.717, 1.165) is 32.4 Å². The summed E-state index contributed by atoms with van der Waals surface area (Å²) in [6, 6.07) is 6.78. The Morgan fingerprint density at radius 3 is 2.69 bits per heavy atom. The molecule has 2 fully saturated rings. The van der Waals surface area contributed by atoms with Gasteiger partial charge in [0.25, 0.3) is 0 Å². The molecule has 1 aromatic carbocycles. The number of pyridine rings is 1. The first kappa shape index (κ1) is 28.2. The zero-order valence-corrected chi connectivity index (χ0v) is 21.9. The molecule has 39 heavy (non-hydrogen) atoms. The number of carboxylic acid groups (broad SMARTS) is 1. The van der Waals surface area contributed by atoms with Crippen LogP contribution >= 0.6 is 0 Å². The summed E-state index contributed by atoms with van der Waals surface area (Å²) < 4.78 is 14.2. The average molecular weight is 536 g/mol. The monoisotopic (exact) mass is 535 g/mol. The van der Waals surface area contributed by atoms with Crippen LogP contribution in [0.4, 0.5) is 4.39 Å². The predicted octanol–water partition coefficient (Wildman–Crippen LogP) is 3.41. The number of carbonyl (C=O) groups is 3. The van der Waals surface area contributed by atoms with Crippen molar-refractivity contribution in [3.63, 3.8) is 0 Å². The molecule has 0 bridgehead atoms. The highest BCUT2D eigenvalue weighted by Gasteiger charge is 2.31. The van der Waals surface area contributed by atoms with E-state index in [-0.39, 0.29) is 23.8 Å². The van der Waals surface area contributed by atoms with E-state index >= 15 is 0 Å². The van der Waals surface area contributed by atoms with E-state index in [1.54, 1.807) is 23.1 Å². The highest BCUT2D eigenvalue weighted by atomic mass is 19.1. The van der Waals surface area contributed by atoms with Crippen LogP contribution in [0, 0.1) is 29.0 Å². The summed E-state index contributed by atoms with van der Waals surface area (Å²) in [7, 11) is 0. The molecule has 2 amide bonds. The van der Waals surface area contributed by atoms with Crippen LogP contribution in [-0.4, -0.2) is 59.0 Å². The maximum absolute atomic E-state index is 14.2. The van der Waals surface area contributed by atoms with Gasteiger partial charge in [0, 0.05) is 37.5 Å². The number of benzene rings is 1. The Labute approximate surface area is 227 Å². The second-order valence-electron chi connectivity index (χ2n) is 10.4. The van der Waals surface area contributed by atoms with Crippen LogP contribution in [-0.2, 0) is 14.4 Å². The van der Waals surface area contributed by atoms with Gasteiger partial charge in [-0.1, -0.05) is 6.07 Å². The minimum Gasteiger partial charge on any atom is -0.481 e. The number of nitrogens with one attached hydrogen (secondary N) is 2. The molecular weight excluding hydrogens is 501 g/mol. The van der Waals surface area contributed by atoms with Crippen LogP contribution in [0.15, 0.2) is 36.7 Å². The van der Waals surface area contributed by atoms with Crippen molar-refractivity contribution < 1.29 is 23.9 Å². The Balaban J connectivity index is 1.42. The van der Waals surface area contributed by atoms with Crippen molar-refractivity contribution in [2.75, 3.05) is 26.2 Å². The summed E-state index contributed by atoms with van der Waals surface area (Å²) in [5.74, 6) is -1.86. The number of rotatable bonds is 9. The number of aromatic nitrogens is 1. The van der Waals surface area contributed by atoms with Gasteiger partial charge in [0.1, 0.15) is 11.9 Å². The van der Waals surface area contributed by atoms with E-state index in [2.05, 4.69) is 15.6 Å². The summed E-state index contributed by atoms with van der Waals surface area (Å²) >= 11 is 0. The first-order valence-corrected chi connectivity index (χ1v) is 13.5. The maximum Gasteiger partial charge on any atom is 0.305 e. The molecule has 0 radical (unpaired) electrons. The van der Waals surface area contributed by atoms with Crippen LogP contribution in [0.2, 0.25) is 0 Å². The molecule has 0 unspecified atom stereocenters. The van der Waals surface area contributed by atoms with Crippen molar-refractivity contribution >= 4 is 17.8 Å². The van der Waals surface area contributed by atoms with E-state index in [9.17, 15) is 23.9 Å². The molecule has 0 spiro atoms. The lowest BCUT2D eigenvalue weighted by Gasteiger charge is -2.33. The van der Waals surface area contributed by atoms with Crippen molar-refractivity contribution in [1.82, 2.24) is 20.5 Å². The first-order chi connectivity index (χ1) is 18.8. The lowest BCUT2D eigenvalue weighted by Crippen LogP contribution is -2.46. The number of carbonyl (C=O) groups excluding carboxylic acids is 2. The molecular formula is C29H34FN5O4. The summed E-state index contributed by atoms with van der Waals surface area (Å²) in [6.45, 7) is 2.93. The summed E-state index contributed by atoms with van der Waals surface area (Å²) in [5.41, 5.74) is 1.40. The predicted molar refractivity (Wildman–Crippen MR) is 142 cm³/mol. The molecule has 4 rings (SSSR count). The third-order valence-corrected chi connectivity index (χ3v) is 7.65. The fourth-order valence-electron chi connectivity index (χ4n) is 5.38. The Morgan fingerprint density at radius 1 is 1.18 bits per heavy atom. The topological polar surface area (TPSA) is 135 Å². The average Bonchev–Trinajstić information content (AvgIpc) is 2.96. The number of nitrogens with zero attached hydrogens (tertiary/aromatic N) is 3. The molecule has 9 nitrogen and oxygen atoms in total. The Kier molecular flexibility index (Phi) is 9.60. The molecule has 2 aromatic rings. The van der Waals surface area contributed by atoms with Crippen molar-refractivity contribution in [2.45, 2.75) is 51.0 Å². The first-order valence-electron chi connectivity index (χ1n) is 13.5. The SMILES string of the molecule is N#Cc1ccc(-c2cncc([C@H](CC(=O)O)NC(=O)[C@@H]3CCCN(C(=O)CCC4CCNCC4)C3)c2)cc1F. The largest absolute Gasteiger partial charge is 0.481 e. The molecule has 0 aliphatic carbocycles. The number of halogens is 1. The molecule has 3 heterocycles. The van der Waals surface area contributed by atoms with E-state index < -0.39 is 23.7 Å². The molecule has 0 saturated carbocycles. The number of likely N-dealkylation sites (tertiary alicyclic amines) is 1.